The van der Waals surface area contributed by atoms with Crippen LogP contribution in [-0.2, 0) is 0 Å². The maximum absolute atomic E-state index is 3.41. The fourth-order valence-corrected chi connectivity index (χ4v) is 1.63. The first-order valence-corrected chi connectivity index (χ1v) is 4.57. The summed E-state index contributed by atoms with van der Waals surface area (Å²) in [6.45, 7) is 2.00. The zero-order chi connectivity index (χ0) is 9.26. The van der Waals surface area contributed by atoms with Gasteiger partial charge in [-0.2, -0.15) is 0 Å². The molecule has 1 heterocycles. The maximum Gasteiger partial charge on any atom is 0.0814 e. The molecule has 0 aliphatic carbocycles. The molecular weight excluding hydrogens is 162 g/mol. The van der Waals surface area contributed by atoms with Gasteiger partial charge >= 0.3 is 0 Å². The smallest absolute Gasteiger partial charge is 0.0814 e. The molecule has 0 bridgehead atoms. The summed E-state index contributed by atoms with van der Waals surface area (Å²) in [5.74, 6) is 0. The van der Waals surface area contributed by atoms with Crippen molar-refractivity contribution >= 4 is 17.1 Å². The molecular formula is C10H15N3. The molecule has 1 aliphatic rings. The summed E-state index contributed by atoms with van der Waals surface area (Å²) in [6.07, 6.45) is 0. The molecule has 1 aromatic carbocycles. The van der Waals surface area contributed by atoms with E-state index in [0.717, 1.165) is 13.1 Å². The van der Waals surface area contributed by atoms with Gasteiger partial charge in [-0.05, 0) is 12.1 Å². The summed E-state index contributed by atoms with van der Waals surface area (Å²) in [7, 11) is 4.12. The molecule has 1 aromatic rings. The standard InChI is InChI=1S/C10H15N3/c1-13(2)9-5-3-4-8-10(9)12-7-6-11-8/h3-5,11-12H,6-7H2,1-2H3. The molecule has 0 saturated carbocycles. The van der Waals surface area contributed by atoms with Gasteiger partial charge in [-0.15, -0.1) is 0 Å². The van der Waals surface area contributed by atoms with E-state index in [1.54, 1.807) is 0 Å². The molecule has 0 spiro atoms. The number of nitrogens with zero attached hydrogens (tertiary/aromatic N) is 1. The predicted octanol–water partition coefficient (Wildman–Crippen LogP) is 1.59. The first-order valence-electron chi connectivity index (χ1n) is 4.57. The van der Waals surface area contributed by atoms with Crippen LogP contribution >= 0.6 is 0 Å². The summed E-state index contributed by atoms with van der Waals surface area (Å²) in [5.41, 5.74) is 3.67. The number of nitrogens with one attached hydrogen (secondary N) is 2. The SMILES string of the molecule is CN(C)c1cccc2c1NCCN2. The van der Waals surface area contributed by atoms with E-state index in [1.807, 2.05) is 0 Å². The van der Waals surface area contributed by atoms with E-state index < -0.39 is 0 Å². The molecule has 0 aromatic heterocycles. The first-order chi connectivity index (χ1) is 6.29. The molecule has 0 radical (unpaired) electrons. The van der Waals surface area contributed by atoms with Gasteiger partial charge in [0.05, 0.1) is 17.1 Å². The quantitative estimate of drug-likeness (QED) is 0.682. The van der Waals surface area contributed by atoms with Crippen molar-refractivity contribution in [2.24, 2.45) is 0 Å². The van der Waals surface area contributed by atoms with Crippen molar-refractivity contribution in [3.8, 4) is 0 Å². The minimum atomic E-state index is 0.998. The van der Waals surface area contributed by atoms with E-state index in [4.69, 9.17) is 0 Å². The Balaban J connectivity index is 2.46. The largest absolute Gasteiger partial charge is 0.382 e. The topological polar surface area (TPSA) is 27.3 Å². The highest BCUT2D eigenvalue weighted by atomic mass is 15.1. The molecule has 13 heavy (non-hydrogen) atoms. The fourth-order valence-electron chi connectivity index (χ4n) is 1.63. The lowest BCUT2D eigenvalue weighted by atomic mass is 10.2. The Bertz CT molecular complexity index is 307. The molecule has 2 N–H and O–H groups in total. The van der Waals surface area contributed by atoms with Gasteiger partial charge in [0, 0.05) is 27.2 Å². The zero-order valence-electron chi connectivity index (χ0n) is 8.09. The number of hydrogen-bond donors (Lipinski definition) is 2. The van der Waals surface area contributed by atoms with E-state index in [0.29, 0.717) is 0 Å². The van der Waals surface area contributed by atoms with Crippen molar-refractivity contribution in [3.63, 3.8) is 0 Å². The Morgan fingerprint density at radius 2 is 1.92 bits per heavy atom. The van der Waals surface area contributed by atoms with Gasteiger partial charge in [-0.25, -0.2) is 0 Å². The van der Waals surface area contributed by atoms with Gasteiger partial charge in [0.1, 0.15) is 0 Å². The van der Waals surface area contributed by atoms with Crippen molar-refractivity contribution in [1.29, 1.82) is 0 Å². The predicted molar refractivity (Wildman–Crippen MR) is 57.7 cm³/mol. The number of rotatable bonds is 1. The molecule has 1 aliphatic heterocycles. The van der Waals surface area contributed by atoms with Gasteiger partial charge in [-0.3, -0.25) is 0 Å². The Hall–Kier alpha value is -1.38. The molecule has 0 fully saturated rings. The van der Waals surface area contributed by atoms with E-state index in [1.165, 1.54) is 17.1 Å². The molecule has 0 atom stereocenters. The van der Waals surface area contributed by atoms with Crippen LogP contribution in [0.3, 0.4) is 0 Å². The first kappa shape index (κ1) is 8.23. The third kappa shape index (κ3) is 1.41. The summed E-state index contributed by atoms with van der Waals surface area (Å²) in [4.78, 5) is 2.12. The summed E-state index contributed by atoms with van der Waals surface area (Å²) in [6, 6.07) is 6.31. The lowest BCUT2D eigenvalue weighted by Crippen LogP contribution is -2.23. The van der Waals surface area contributed by atoms with Crippen LogP contribution in [0, 0.1) is 0 Å². The minimum absolute atomic E-state index is 0.998. The van der Waals surface area contributed by atoms with Crippen LogP contribution < -0.4 is 15.5 Å². The van der Waals surface area contributed by atoms with Crippen molar-refractivity contribution in [1.82, 2.24) is 0 Å². The highest BCUT2D eigenvalue weighted by Crippen LogP contribution is 2.33. The zero-order valence-corrected chi connectivity index (χ0v) is 8.09. The van der Waals surface area contributed by atoms with Gasteiger partial charge in [-0.1, -0.05) is 6.07 Å². The van der Waals surface area contributed by atoms with E-state index >= 15 is 0 Å². The number of hydrogen-bond acceptors (Lipinski definition) is 3. The minimum Gasteiger partial charge on any atom is -0.382 e. The number of fused-ring (bicyclic) bond motifs is 1. The molecule has 0 amide bonds. The molecule has 0 saturated heterocycles. The Labute approximate surface area is 78.7 Å². The van der Waals surface area contributed by atoms with Gasteiger partial charge in [0.15, 0.2) is 0 Å². The van der Waals surface area contributed by atoms with E-state index in [9.17, 15) is 0 Å². The molecule has 0 unspecified atom stereocenters. The second-order valence-electron chi connectivity index (χ2n) is 3.45. The van der Waals surface area contributed by atoms with Crippen molar-refractivity contribution in [3.05, 3.63) is 18.2 Å². The van der Waals surface area contributed by atoms with Crippen LogP contribution in [0.4, 0.5) is 17.1 Å². The summed E-state index contributed by atoms with van der Waals surface area (Å²) in [5, 5.41) is 6.78. The van der Waals surface area contributed by atoms with Crippen LogP contribution in [-0.4, -0.2) is 27.2 Å². The Kier molecular flexibility index (Phi) is 2.00. The van der Waals surface area contributed by atoms with Crippen LogP contribution in [0.15, 0.2) is 18.2 Å². The lowest BCUT2D eigenvalue weighted by Gasteiger charge is -2.25. The molecule has 3 heteroatoms. The maximum atomic E-state index is 3.41. The highest BCUT2D eigenvalue weighted by molar-refractivity contribution is 5.84. The lowest BCUT2D eigenvalue weighted by molar-refractivity contribution is 1.03. The Morgan fingerprint density at radius 3 is 2.69 bits per heavy atom. The third-order valence-electron chi connectivity index (χ3n) is 2.27. The van der Waals surface area contributed by atoms with Gasteiger partial charge < -0.3 is 15.5 Å². The number of para-hydroxylation sites is 1. The molecule has 2 rings (SSSR count). The molecule has 3 nitrogen and oxygen atoms in total. The van der Waals surface area contributed by atoms with Gasteiger partial charge in [0.25, 0.3) is 0 Å². The Morgan fingerprint density at radius 1 is 1.15 bits per heavy atom. The monoisotopic (exact) mass is 177 g/mol. The van der Waals surface area contributed by atoms with Gasteiger partial charge in [0.2, 0.25) is 0 Å². The average molecular weight is 177 g/mol. The number of benzene rings is 1. The second kappa shape index (κ2) is 3.17. The van der Waals surface area contributed by atoms with Crippen molar-refractivity contribution in [2.45, 2.75) is 0 Å². The summed E-state index contributed by atoms with van der Waals surface area (Å²) >= 11 is 0. The normalized spacial score (nSPS) is 14.0. The fraction of sp³-hybridized carbons (Fsp3) is 0.400. The third-order valence-corrected chi connectivity index (χ3v) is 2.27. The van der Waals surface area contributed by atoms with E-state index in [2.05, 4.69) is 47.8 Å². The average Bonchev–Trinajstić information content (AvgIpc) is 2.17. The van der Waals surface area contributed by atoms with Crippen molar-refractivity contribution in [2.75, 3.05) is 42.7 Å². The van der Waals surface area contributed by atoms with Crippen LogP contribution in [0.2, 0.25) is 0 Å². The van der Waals surface area contributed by atoms with Crippen LogP contribution in [0.5, 0.6) is 0 Å². The number of anilines is 3. The van der Waals surface area contributed by atoms with Crippen LogP contribution in [0.25, 0.3) is 0 Å². The second-order valence-corrected chi connectivity index (χ2v) is 3.45. The van der Waals surface area contributed by atoms with Crippen molar-refractivity contribution < 1.29 is 0 Å². The van der Waals surface area contributed by atoms with Crippen LogP contribution in [0.1, 0.15) is 0 Å². The highest BCUT2D eigenvalue weighted by Gasteiger charge is 2.12. The van der Waals surface area contributed by atoms with E-state index in [-0.39, 0.29) is 0 Å². The molecule has 70 valence electrons. The summed E-state index contributed by atoms with van der Waals surface area (Å²) < 4.78 is 0.